The molecule has 0 fully saturated rings. The van der Waals surface area contributed by atoms with Gasteiger partial charge in [-0.2, -0.15) is 57.6 Å². The zero-order chi connectivity index (χ0) is 67.0. The highest BCUT2D eigenvalue weighted by Gasteiger charge is 2.25. The van der Waals surface area contributed by atoms with E-state index < -0.39 is 95.3 Å². The first-order chi connectivity index (χ1) is 42.5. The van der Waals surface area contributed by atoms with Crippen LogP contribution in [0.25, 0.3) is 16.7 Å². The van der Waals surface area contributed by atoms with E-state index in [0.717, 1.165) is 52.2 Å². The zero-order valence-electron chi connectivity index (χ0n) is 48.1. The molecule has 0 spiro atoms. The molecule has 0 unspecified atom stereocenters. The minimum atomic E-state index is -4.76. The highest BCUT2D eigenvalue weighted by Crippen LogP contribution is 2.46. The molecule has 0 saturated carbocycles. The molecule has 0 aliphatic heterocycles. The Labute approximate surface area is 528 Å². The third-order valence-corrected chi connectivity index (χ3v) is 18.7. The van der Waals surface area contributed by atoms with Crippen molar-refractivity contribution in [3.05, 3.63) is 95.1 Å². The number of benzene rings is 5. The number of nitriles is 1. The smallest absolute Gasteiger partial charge is 0.294 e. The van der Waals surface area contributed by atoms with E-state index in [1.165, 1.54) is 76.2 Å². The number of amides is 2. The first kappa shape index (κ1) is 70.2. The Hall–Kier alpha value is -8.27. The molecule has 39 heteroatoms. The SMILES string of the molecule is CC(=O)Nc1cc(N=Nc2cc(SCCCS(=O)(=O)O)c(N=Nc3cc(OCCCS(=O)(=O)O)c(N=Nc4c(C)c(C#N)c5nc6c(C)cc(S(=O)(=O)O)cc6n5c4O)cc3C)cc2NC(C)=O)c(SCCCS(=O)(=O)O)cc1N=Nc1ccc(S(=O)(=O)O)cc1. The number of pyridine rings is 1. The maximum absolute atomic E-state index is 12.8. The summed E-state index contributed by atoms with van der Waals surface area (Å²) in [6.07, 6.45) is -0.378. The highest BCUT2D eigenvalue weighted by molar-refractivity contribution is 7.99. The number of carbonyl (C=O) groups is 2. The summed E-state index contributed by atoms with van der Waals surface area (Å²) < 4.78 is 172. The van der Waals surface area contributed by atoms with Crippen molar-refractivity contribution in [2.24, 2.45) is 40.9 Å². The molecule has 0 aliphatic rings. The standard InChI is InChI=1S/C52H53N13O19S7/c1-28-20-42(61-64-50-30(3)36(27-53)51-56-49-29(2)19-35(91(81,82)83)21-45(49)65(51)52(50)68)46(84-13-6-16-87(69,70)71)24-37(28)58-62-43-23-39(55-32(5)67)41(26-48(43)86-15-8-18-89(75,76)77)60-63-44-22-38(54-31(4)66)40(25-47(44)85-14-7-17-88(72,73)74)59-57-33-9-11-34(12-10-33)90(78,79)80/h9-12,19-26,68H,6-8,13-18H2,1-5H3,(H,54,66)(H,55,67)(H,69,70,71)(H,72,73,74)(H,75,76,77)(H,78,79,80)(H,81,82,83). The van der Waals surface area contributed by atoms with Crippen molar-refractivity contribution in [3.8, 4) is 17.7 Å². The monoisotopic (exact) mass is 1390 g/mol. The number of nitrogens with zero attached hydrogens (tertiary/aromatic N) is 11. The van der Waals surface area contributed by atoms with Gasteiger partial charge in [-0.3, -0.25) is 36.8 Å². The van der Waals surface area contributed by atoms with E-state index >= 15 is 0 Å². The molecular formula is C52H53N13O19S7. The molecule has 0 radical (unpaired) electrons. The Morgan fingerprint density at radius 3 is 1.56 bits per heavy atom. The summed E-state index contributed by atoms with van der Waals surface area (Å²) >= 11 is 2.06. The van der Waals surface area contributed by atoms with Gasteiger partial charge in [0, 0.05) is 35.3 Å². The summed E-state index contributed by atoms with van der Waals surface area (Å²) in [4.78, 5) is 29.4. The predicted molar refractivity (Wildman–Crippen MR) is 334 cm³/mol. The Balaban J connectivity index is 1.34. The quantitative estimate of drug-likeness (QED) is 0.0103. The molecular weight excluding hydrogens is 1340 g/mol. The third-order valence-electron chi connectivity index (χ3n) is 12.4. The van der Waals surface area contributed by atoms with Gasteiger partial charge in [-0.25, -0.2) is 4.98 Å². The Bertz CT molecular complexity index is 4830. The number of rotatable bonds is 27. The largest absolute Gasteiger partial charge is 0.493 e. The van der Waals surface area contributed by atoms with Crippen molar-refractivity contribution in [1.82, 2.24) is 9.38 Å². The lowest BCUT2D eigenvalue weighted by Crippen LogP contribution is -2.08. The van der Waals surface area contributed by atoms with E-state index in [1.54, 1.807) is 6.92 Å². The molecule has 2 heterocycles. The number of aromatic nitrogens is 2. The molecule has 2 amide bonds. The summed E-state index contributed by atoms with van der Waals surface area (Å²) in [7, 11) is -22.5. The summed E-state index contributed by atoms with van der Waals surface area (Å²) in [5.74, 6) is -3.80. The fraction of sp³-hybridized carbons (Fsp3) is 0.269. The number of carbonyl (C=O) groups excluding carboxylic acids is 2. The lowest BCUT2D eigenvalue weighted by atomic mass is 10.1. The third kappa shape index (κ3) is 19.4. The van der Waals surface area contributed by atoms with Crippen LogP contribution in [0.1, 0.15) is 55.4 Å². The fourth-order valence-electron chi connectivity index (χ4n) is 8.26. The van der Waals surface area contributed by atoms with Crippen LogP contribution in [0, 0.1) is 32.1 Å². The lowest BCUT2D eigenvalue weighted by Gasteiger charge is -2.13. The van der Waals surface area contributed by atoms with Crippen LogP contribution < -0.4 is 15.4 Å². The van der Waals surface area contributed by atoms with Gasteiger partial charge in [0.2, 0.25) is 17.7 Å². The summed E-state index contributed by atoms with van der Waals surface area (Å²) in [6.45, 7) is 6.56. The first-order valence-corrected chi connectivity index (χ1v) is 35.8. The topological polar surface area (TPSA) is 499 Å². The van der Waals surface area contributed by atoms with Gasteiger partial charge in [0.25, 0.3) is 50.6 Å². The number of hydrogen-bond acceptors (Lipinski definition) is 26. The van der Waals surface area contributed by atoms with Crippen LogP contribution in [0.3, 0.4) is 0 Å². The van der Waals surface area contributed by atoms with E-state index in [4.69, 9.17) is 4.74 Å². The van der Waals surface area contributed by atoms with Crippen LogP contribution in [0.5, 0.6) is 11.6 Å². The molecule has 8 N–H and O–H groups in total. The predicted octanol–water partition coefficient (Wildman–Crippen LogP) is 11.5. The number of imidazole rings is 1. The number of aryl methyl sites for hydroxylation is 2. The van der Waals surface area contributed by atoms with Crippen LogP contribution >= 0.6 is 23.5 Å². The van der Waals surface area contributed by atoms with Crippen molar-refractivity contribution in [2.45, 2.75) is 73.5 Å². The normalized spacial score (nSPS) is 12.7. The van der Waals surface area contributed by atoms with E-state index in [-0.39, 0.29) is 143 Å². The van der Waals surface area contributed by atoms with Gasteiger partial charge in [0.05, 0.1) is 67.4 Å². The fourth-order valence-corrected chi connectivity index (χ4v) is 13.1. The Morgan fingerprint density at radius 1 is 0.582 bits per heavy atom. The number of thioether (sulfide) groups is 2. The van der Waals surface area contributed by atoms with Crippen LogP contribution in [0.4, 0.5) is 56.9 Å². The molecule has 0 aliphatic carbocycles. The summed E-state index contributed by atoms with van der Waals surface area (Å²) in [5, 5.41) is 62.1. The summed E-state index contributed by atoms with van der Waals surface area (Å²) in [5.41, 5.74) is 0.586. The van der Waals surface area contributed by atoms with Crippen LogP contribution in [-0.4, -0.2) is 127 Å². The molecule has 7 rings (SSSR count). The number of hydrogen-bond donors (Lipinski definition) is 8. The number of fused-ring (bicyclic) bond motifs is 3. The van der Waals surface area contributed by atoms with Crippen LogP contribution in [0.15, 0.2) is 133 Å². The van der Waals surface area contributed by atoms with E-state index in [1.807, 2.05) is 6.07 Å². The molecule has 0 bridgehead atoms. The van der Waals surface area contributed by atoms with Crippen molar-refractivity contribution in [1.29, 1.82) is 5.26 Å². The second-order valence-electron chi connectivity index (χ2n) is 19.5. The number of ether oxygens (including phenoxy) is 1. The van der Waals surface area contributed by atoms with E-state index in [9.17, 15) is 84.8 Å². The average Bonchev–Trinajstić information content (AvgIpc) is 1.60. The molecule has 0 saturated heterocycles. The maximum atomic E-state index is 12.8. The van der Waals surface area contributed by atoms with Gasteiger partial charge in [-0.05, 0) is 129 Å². The minimum absolute atomic E-state index is 0.0137. The van der Waals surface area contributed by atoms with E-state index in [0.29, 0.717) is 5.56 Å². The maximum Gasteiger partial charge on any atom is 0.294 e. The Kier molecular flexibility index (Phi) is 22.3. The average molecular weight is 1390 g/mol. The van der Waals surface area contributed by atoms with Crippen LogP contribution in [-0.2, 0) is 60.2 Å². The van der Waals surface area contributed by atoms with Gasteiger partial charge >= 0.3 is 0 Å². The second-order valence-corrected chi connectivity index (χ2v) is 29.3. The van der Waals surface area contributed by atoms with Crippen molar-refractivity contribution in [2.75, 3.05) is 46.0 Å². The van der Waals surface area contributed by atoms with Gasteiger partial charge < -0.3 is 20.5 Å². The molecule has 91 heavy (non-hydrogen) atoms. The number of nitrogens with one attached hydrogen (secondary N) is 2. The van der Waals surface area contributed by atoms with Crippen molar-refractivity contribution < 1.29 is 84.3 Å². The van der Waals surface area contributed by atoms with Gasteiger partial charge in [0.15, 0.2) is 11.3 Å². The van der Waals surface area contributed by atoms with Crippen molar-refractivity contribution >= 4 is 159 Å². The van der Waals surface area contributed by atoms with Crippen LogP contribution in [0.2, 0.25) is 0 Å². The molecule has 32 nitrogen and oxygen atoms in total. The zero-order valence-corrected chi connectivity index (χ0v) is 53.8. The van der Waals surface area contributed by atoms with Gasteiger partial charge in [-0.1, -0.05) is 0 Å². The molecule has 2 aromatic heterocycles. The number of aromatic hydroxyl groups is 1. The molecule has 7 aromatic rings. The number of anilines is 2. The lowest BCUT2D eigenvalue weighted by molar-refractivity contribution is -0.115. The van der Waals surface area contributed by atoms with Gasteiger partial charge in [-0.15, -0.1) is 54.2 Å². The second kappa shape index (κ2) is 28.9. The molecule has 482 valence electrons. The number of azo groups is 4. The minimum Gasteiger partial charge on any atom is -0.493 e. The van der Waals surface area contributed by atoms with Crippen molar-refractivity contribution in [3.63, 3.8) is 0 Å². The van der Waals surface area contributed by atoms with E-state index in [2.05, 4.69) is 56.5 Å². The first-order valence-electron chi connectivity index (χ1n) is 26.1. The van der Waals surface area contributed by atoms with Gasteiger partial charge in [0.1, 0.15) is 45.8 Å². The highest BCUT2D eigenvalue weighted by atomic mass is 32.2. The molecule has 0 atom stereocenters. The Morgan fingerprint density at radius 2 is 1.07 bits per heavy atom. The summed E-state index contributed by atoms with van der Waals surface area (Å²) in [6, 6.07) is 17.2. The molecule has 5 aromatic carbocycles.